The summed E-state index contributed by atoms with van der Waals surface area (Å²) in [6.07, 6.45) is 2.15. The molecule has 0 saturated carbocycles. The normalized spacial score (nSPS) is 14.9. The maximum atomic E-state index is 10.1. The maximum absolute atomic E-state index is 10.1. The van der Waals surface area contributed by atoms with E-state index in [4.69, 9.17) is 5.11 Å². The van der Waals surface area contributed by atoms with E-state index in [2.05, 4.69) is 7.67 Å². The van der Waals surface area contributed by atoms with Crippen LogP contribution in [0.25, 0.3) is 0 Å². The van der Waals surface area contributed by atoms with Gasteiger partial charge >= 0.3 is 64.5 Å². The van der Waals surface area contributed by atoms with Crippen molar-refractivity contribution in [3.63, 3.8) is 0 Å². The molecule has 0 atom stereocenters. The minimum atomic E-state index is -0.726. The van der Waals surface area contributed by atoms with Gasteiger partial charge < -0.3 is 0 Å². The van der Waals surface area contributed by atoms with Crippen LogP contribution in [0.5, 0.6) is 0 Å². The van der Waals surface area contributed by atoms with Crippen molar-refractivity contribution in [1.29, 1.82) is 0 Å². The van der Waals surface area contributed by atoms with Gasteiger partial charge in [0, 0.05) is 0 Å². The summed E-state index contributed by atoms with van der Waals surface area (Å²) >= 11 is -0.538. The molecule has 9 heavy (non-hydrogen) atoms. The van der Waals surface area contributed by atoms with Crippen molar-refractivity contribution >= 4 is 28.9 Å². The summed E-state index contributed by atoms with van der Waals surface area (Å²) in [5.74, 6) is -0.726. The predicted octanol–water partition coefficient (Wildman–Crippen LogP) is 0.577. The standard InChI is InChI=1S/C6H6O2.In/c1-3-5(2)4-6(7)8;/h1-3H,4H2,(H,7,8);. The Balaban J connectivity index is 2.45. The van der Waals surface area contributed by atoms with Crippen LogP contribution in [0.2, 0.25) is 0 Å². The molecule has 1 rings (SSSR count). The van der Waals surface area contributed by atoms with Gasteiger partial charge in [0.15, 0.2) is 0 Å². The van der Waals surface area contributed by atoms with Crippen LogP contribution < -0.4 is 0 Å². The third-order valence-corrected chi connectivity index (χ3v) is 4.04. The number of carboxylic acids is 1. The number of aliphatic carboxylic acids is 1. The average Bonchev–Trinajstić information content (AvgIpc) is 2.15. The number of carbonyl (C=O) groups is 1. The Morgan fingerprint density at radius 2 is 2.56 bits per heavy atom. The molecule has 0 unspecified atom stereocenters. The van der Waals surface area contributed by atoms with Gasteiger partial charge in [-0.1, -0.05) is 0 Å². The molecule has 0 spiro atoms. The molecule has 0 aromatic carbocycles. The van der Waals surface area contributed by atoms with E-state index in [9.17, 15) is 4.79 Å². The Labute approximate surface area is 64.6 Å². The Morgan fingerprint density at radius 3 is 3.00 bits per heavy atom. The van der Waals surface area contributed by atoms with Gasteiger partial charge in [0.1, 0.15) is 0 Å². The van der Waals surface area contributed by atoms with Crippen molar-refractivity contribution in [2.45, 2.75) is 6.42 Å². The zero-order chi connectivity index (χ0) is 6.69. The van der Waals surface area contributed by atoms with Gasteiger partial charge in [0.2, 0.25) is 0 Å². The van der Waals surface area contributed by atoms with Crippen LogP contribution in [0.1, 0.15) is 6.42 Å². The van der Waals surface area contributed by atoms with Crippen molar-refractivity contribution in [2.24, 2.45) is 0 Å². The van der Waals surface area contributed by atoms with E-state index in [1.54, 1.807) is 0 Å². The number of carboxylic acid groups (broad SMARTS) is 1. The molecule has 1 aliphatic heterocycles. The first-order valence-corrected chi connectivity index (χ1v) is 6.52. The topological polar surface area (TPSA) is 37.3 Å². The van der Waals surface area contributed by atoms with E-state index >= 15 is 0 Å². The van der Waals surface area contributed by atoms with E-state index in [1.807, 2.05) is 6.08 Å². The average molecular weight is 225 g/mol. The summed E-state index contributed by atoms with van der Waals surface area (Å²) in [5, 5.41) is 8.32. The van der Waals surface area contributed by atoms with Gasteiger partial charge in [-0.15, -0.1) is 0 Å². The van der Waals surface area contributed by atoms with E-state index < -0.39 is 28.9 Å². The molecule has 0 aromatic rings. The van der Waals surface area contributed by atoms with Gasteiger partial charge in [0.05, 0.1) is 0 Å². The quantitative estimate of drug-likeness (QED) is 0.746. The summed E-state index contributed by atoms with van der Waals surface area (Å²) in [6.45, 7) is 0. The van der Waals surface area contributed by atoms with Crippen molar-refractivity contribution in [1.82, 2.24) is 0 Å². The van der Waals surface area contributed by atoms with E-state index in [-0.39, 0.29) is 6.42 Å². The molecule has 1 heterocycles. The fourth-order valence-electron chi connectivity index (χ4n) is 0.706. The fourth-order valence-corrected chi connectivity index (χ4v) is 3.41. The molecule has 0 saturated heterocycles. The molecular formula is C6H6InO2. The summed E-state index contributed by atoms with van der Waals surface area (Å²) in [6, 6.07) is 0. The second kappa shape index (κ2) is 3.11. The first-order chi connectivity index (χ1) is 4.29. The summed E-state index contributed by atoms with van der Waals surface area (Å²) in [4.78, 5) is 10.1. The van der Waals surface area contributed by atoms with Gasteiger partial charge in [-0.3, -0.25) is 0 Å². The molecule has 1 N–H and O–H groups in total. The van der Waals surface area contributed by atoms with Crippen LogP contribution in [0.3, 0.4) is 0 Å². The van der Waals surface area contributed by atoms with Crippen molar-refractivity contribution in [3.8, 4) is 0 Å². The van der Waals surface area contributed by atoms with Crippen molar-refractivity contribution in [3.05, 3.63) is 19.3 Å². The van der Waals surface area contributed by atoms with Crippen LogP contribution in [0.4, 0.5) is 0 Å². The SMILES string of the molecule is O=C(O)CC1=[CH][In][CH]=C1. The molecule has 0 aromatic heterocycles. The molecule has 1 radical (unpaired) electrons. The minimum absolute atomic E-state index is 0.211. The first-order valence-electron chi connectivity index (χ1n) is 2.71. The molecule has 1 aliphatic rings. The Bertz CT molecular complexity index is 181. The molecule has 0 amide bonds. The number of hydrogen-bond donors (Lipinski definition) is 1. The van der Waals surface area contributed by atoms with Gasteiger partial charge in [-0.25, -0.2) is 0 Å². The molecule has 2 nitrogen and oxygen atoms in total. The summed E-state index contributed by atoms with van der Waals surface area (Å²) in [7, 11) is 0. The number of hydrogen-bond acceptors (Lipinski definition) is 1. The monoisotopic (exact) mass is 225 g/mol. The number of rotatable bonds is 2. The zero-order valence-electron chi connectivity index (χ0n) is 4.87. The van der Waals surface area contributed by atoms with Crippen molar-refractivity contribution in [2.75, 3.05) is 0 Å². The molecule has 0 aliphatic carbocycles. The van der Waals surface area contributed by atoms with Crippen LogP contribution >= 0.6 is 0 Å². The second-order valence-electron chi connectivity index (χ2n) is 1.86. The van der Waals surface area contributed by atoms with Gasteiger partial charge in [-0.05, 0) is 0 Å². The zero-order valence-corrected chi connectivity index (χ0v) is 8.17. The molecule has 0 fully saturated rings. The van der Waals surface area contributed by atoms with Crippen molar-refractivity contribution < 1.29 is 9.90 Å². The third-order valence-electron chi connectivity index (χ3n) is 1.09. The van der Waals surface area contributed by atoms with E-state index in [1.165, 1.54) is 0 Å². The summed E-state index contributed by atoms with van der Waals surface area (Å²) in [5.41, 5.74) is 1.00. The Morgan fingerprint density at radius 1 is 1.78 bits per heavy atom. The third kappa shape index (κ3) is 2.26. The predicted molar refractivity (Wildman–Crippen MR) is 35.2 cm³/mol. The van der Waals surface area contributed by atoms with Crippen LogP contribution in [0.15, 0.2) is 19.3 Å². The van der Waals surface area contributed by atoms with Gasteiger partial charge in [-0.2, -0.15) is 0 Å². The molecule has 3 heteroatoms. The number of allylic oxidation sites excluding steroid dienone is 1. The second-order valence-corrected chi connectivity index (χ2v) is 5.01. The first kappa shape index (κ1) is 6.93. The van der Waals surface area contributed by atoms with E-state index in [0.29, 0.717) is 0 Å². The molecule has 45 valence electrons. The van der Waals surface area contributed by atoms with Gasteiger partial charge in [0.25, 0.3) is 0 Å². The van der Waals surface area contributed by atoms with Crippen LogP contribution in [-0.4, -0.2) is 34.0 Å². The Kier molecular flexibility index (Phi) is 2.39. The van der Waals surface area contributed by atoms with E-state index in [0.717, 1.165) is 5.57 Å². The molecular weight excluding hydrogens is 219 g/mol. The van der Waals surface area contributed by atoms with Crippen LogP contribution in [0, 0.1) is 0 Å². The fraction of sp³-hybridized carbons (Fsp3) is 0.167. The van der Waals surface area contributed by atoms with Crippen LogP contribution in [-0.2, 0) is 4.79 Å². The molecule has 0 bridgehead atoms. The Hall–Kier alpha value is -0.180. The summed E-state index contributed by atoms with van der Waals surface area (Å²) < 4.78 is 4.26.